The second-order valence-electron chi connectivity index (χ2n) is 6.31. The first-order valence-electron chi connectivity index (χ1n) is 8.37. The Morgan fingerprint density at radius 3 is 2.56 bits per heavy atom. The summed E-state index contributed by atoms with van der Waals surface area (Å²) < 4.78 is 32.4. The molecule has 0 radical (unpaired) electrons. The molecule has 2 fully saturated rings. The lowest BCUT2D eigenvalue weighted by atomic mass is 10.2. The molecule has 2 saturated heterocycles. The number of likely N-dealkylation sites (N-methyl/N-ethyl adjacent to an activating group) is 1. The molecular weight excluding hydrogens is 415 g/mol. The van der Waals surface area contributed by atoms with E-state index in [9.17, 15) is 13.2 Å². The number of carbonyl (C=O) groups is 1. The van der Waals surface area contributed by atoms with E-state index in [1.165, 1.54) is 10.4 Å². The molecule has 1 aromatic carbocycles. The number of nitrogens with one attached hydrogen (secondary N) is 2. The van der Waals surface area contributed by atoms with Gasteiger partial charge in [-0.2, -0.15) is 4.31 Å². The summed E-state index contributed by atoms with van der Waals surface area (Å²) in [6, 6.07) is 5.97. The zero-order chi connectivity index (χ0) is 17.9. The highest BCUT2D eigenvalue weighted by Gasteiger charge is 2.28. The third kappa shape index (κ3) is 6.02. The maximum atomic E-state index is 12.8. The van der Waals surface area contributed by atoms with E-state index >= 15 is 0 Å². The summed E-state index contributed by atoms with van der Waals surface area (Å²) in [5.74, 6) is -0.228. The summed E-state index contributed by atoms with van der Waals surface area (Å²) in [6.07, 6.45) is 0. The number of nitrogens with zero attached hydrogens (tertiary/aromatic N) is 2. The summed E-state index contributed by atoms with van der Waals surface area (Å²) in [7, 11) is -1.58. The molecule has 0 aliphatic carbocycles. The molecule has 0 bridgehead atoms. The number of benzene rings is 1. The highest BCUT2D eigenvalue weighted by molar-refractivity contribution is 7.89. The first-order valence-corrected chi connectivity index (χ1v) is 9.81. The zero-order valence-electron chi connectivity index (χ0n) is 15.1. The van der Waals surface area contributed by atoms with Crippen molar-refractivity contribution in [3.63, 3.8) is 0 Å². The molecule has 8 nitrogen and oxygen atoms in total. The monoisotopic (exact) mass is 440 g/mol. The van der Waals surface area contributed by atoms with Crippen molar-refractivity contribution >= 4 is 46.4 Å². The number of carbonyl (C=O) groups excluding carboxylic acids is 1. The van der Waals surface area contributed by atoms with Crippen LogP contribution in [0, 0.1) is 0 Å². The van der Waals surface area contributed by atoms with Gasteiger partial charge in [-0.25, -0.2) is 8.42 Å². The highest BCUT2D eigenvalue weighted by atomic mass is 35.5. The maximum Gasteiger partial charge on any atom is 0.243 e. The number of rotatable bonds is 4. The third-order valence-corrected chi connectivity index (χ3v) is 6.33. The molecule has 3 rings (SSSR count). The number of amides is 1. The molecule has 154 valence electrons. The van der Waals surface area contributed by atoms with Gasteiger partial charge in [0.25, 0.3) is 0 Å². The number of piperazine rings is 1. The van der Waals surface area contributed by atoms with Gasteiger partial charge in [0, 0.05) is 38.4 Å². The van der Waals surface area contributed by atoms with Crippen molar-refractivity contribution in [3.8, 4) is 0 Å². The second kappa shape index (κ2) is 10.6. The van der Waals surface area contributed by atoms with E-state index in [0.29, 0.717) is 51.6 Å². The summed E-state index contributed by atoms with van der Waals surface area (Å²) in [5.41, 5.74) is 0.465. The van der Waals surface area contributed by atoms with E-state index in [1.807, 2.05) is 7.05 Å². The quantitative estimate of drug-likeness (QED) is 0.703. The van der Waals surface area contributed by atoms with E-state index in [-0.39, 0.29) is 35.6 Å². The van der Waals surface area contributed by atoms with Crippen molar-refractivity contribution in [2.75, 3.05) is 58.3 Å². The van der Waals surface area contributed by atoms with Gasteiger partial charge in [-0.1, -0.05) is 6.07 Å². The summed E-state index contributed by atoms with van der Waals surface area (Å²) in [4.78, 5) is 14.5. The fourth-order valence-electron chi connectivity index (χ4n) is 2.88. The van der Waals surface area contributed by atoms with Crippen LogP contribution in [0.2, 0.25) is 0 Å². The van der Waals surface area contributed by atoms with E-state index in [1.54, 1.807) is 18.2 Å². The smallest absolute Gasteiger partial charge is 0.243 e. The van der Waals surface area contributed by atoms with Gasteiger partial charge in [0.1, 0.15) is 6.04 Å². The number of morpholine rings is 1. The molecule has 2 heterocycles. The van der Waals surface area contributed by atoms with Crippen LogP contribution in [0.5, 0.6) is 0 Å². The Hall–Kier alpha value is -0.940. The van der Waals surface area contributed by atoms with Crippen LogP contribution in [0.15, 0.2) is 29.2 Å². The normalized spacial score (nSPS) is 21.6. The number of halogens is 2. The van der Waals surface area contributed by atoms with Gasteiger partial charge in [-0.15, -0.1) is 24.8 Å². The van der Waals surface area contributed by atoms with Gasteiger partial charge < -0.3 is 20.3 Å². The van der Waals surface area contributed by atoms with E-state index in [0.717, 1.165) is 0 Å². The molecule has 0 spiro atoms. The van der Waals surface area contributed by atoms with Gasteiger partial charge in [0.15, 0.2) is 0 Å². The first-order chi connectivity index (χ1) is 12.0. The number of sulfonamides is 1. The fraction of sp³-hybridized carbons (Fsp3) is 0.562. The molecule has 0 aromatic heterocycles. The molecule has 0 saturated carbocycles. The van der Waals surface area contributed by atoms with Crippen LogP contribution in [0.3, 0.4) is 0 Å². The topological polar surface area (TPSA) is 91.0 Å². The molecule has 2 aliphatic rings. The molecule has 2 N–H and O–H groups in total. The molecule has 1 aromatic rings. The predicted molar refractivity (Wildman–Crippen MR) is 108 cm³/mol. The molecule has 1 atom stereocenters. The van der Waals surface area contributed by atoms with Crippen molar-refractivity contribution in [1.82, 2.24) is 14.5 Å². The van der Waals surface area contributed by atoms with Crippen molar-refractivity contribution in [1.29, 1.82) is 0 Å². The van der Waals surface area contributed by atoms with Crippen LogP contribution in [0.1, 0.15) is 0 Å². The van der Waals surface area contributed by atoms with Gasteiger partial charge in [-0.3, -0.25) is 4.79 Å². The van der Waals surface area contributed by atoms with Gasteiger partial charge >= 0.3 is 0 Å². The Kier molecular flexibility index (Phi) is 9.43. The lowest BCUT2D eigenvalue weighted by molar-refractivity contribution is -0.120. The zero-order valence-corrected chi connectivity index (χ0v) is 17.5. The molecule has 27 heavy (non-hydrogen) atoms. The SMILES string of the molecule is CN1CCN(S(=O)(=O)c2cccc(NC(=O)C3COCCN3)c2)CC1.Cl.Cl. The Balaban J connectivity index is 0.00000182. The van der Waals surface area contributed by atoms with Gasteiger partial charge in [0.2, 0.25) is 15.9 Å². The van der Waals surface area contributed by atoms with E-state index < -0.39 is 16.1 Å². The van der Waals surface area contributed by atoms with Crippen molar-refractivity contribution < 1.29 is 17.9 Å². The van der Waals surface area contributed by atoms with Gasteiger partial charge in [-0.05, 0) is 25.2 Å². The minimum absolute atomic E-state index is 0. The van der Waals surface area contributed by atoms with E-state index in [2.05, 4.69) is 15.5 Å². The fourth-order valence-corrected chi connectivity index (χ4v) is 4.34. The molecular formula is C16H26Cl2N4O4S. The lowest BCUT2D eigenvalue weighted by Gasteiger charge is -2.31. The number of hydrogen-bond donors (Lipinski definition) is 2. The van der Waals surface area contributed by atoms with Crippen LogP contribution in [-0.4, -0.2) is 82.6 Å². The minimum Gasteiger partial charge on any atom is -0.378 e. The first kappa shape index (κ1) is 24.1. The van der Waals surface area contributed by atoms with Crippen LogP contribution in [-0.2, 0) is 19.6 Å². The Bertz CT molecular complexity index is 721. The van der Waals surface area contributed by atoms with Crippen LogP contribution in [0.4, 0.5) is 5.69 Å². The number of ether oxygens (including phenoxy) is 1. The van der Waals surface area contributed by atoms with Crippen LogP contribution < -0.4 is 10.6 Å². The van der Waals surface area contributed by atoms with Crippen molar-refractivity contribution in [2.45, 2.75) is 10.9 Å². The Morgan fingerprint density at radius 1 is 1.22 bits per heavy atom. The second-order valence-corrected chi connectivity index (χ2v) is 8.24. The van der Waals surface area contributed by atoms with E-state index in [4.69, 9.17) is 4.74 Å². The van der Waals surface area contributed by atoms with Crippen LogP contribution >= 0.6 is 24.8 Å². The minimum atomic E-state index is -3.55. The van der Waals surface area contributed by atoms with Crippen molar-refractivity contribution in [2.24, 2.45) is 0 Å². The lowest BCUT2D eigenvalue weighted by Crippen LogP contribution is -2.48. The summed E-state index contributed by atoms with van der Waals surface area (Å²) in [6.45, 7) is 3.88. The standard InChI is InChI=1S/C16H24N4O4S.2ClH/c1-19-6-8-20(9-7-19)25(22,23)14-4-2-3-13(11-14)18-16(21)15-12-24-10-5-17-15;;/h2-4,11,15,17H,5-10,12H2,1H3,(H,18,21);2*1H. The third-order valence-electron chi connectivity index (χ3n) is 4.44. The van der Waals surface area contributed by atoms with Crippen molar-refractivity contribution in [3.05, 3.63) is 24.3 Å². The molecule has 11 heteroatoms. The van der Waals surface area contributed by atoms with Gasteiger partial charge in [0.05, 0.1) is 18.1 Å². The summed E-state index contributed by atoms with van der Waals surface area (Å²) >= 11 is 0. The largest absolute Gasteiger partial charge is 0.378 e. The number of anilines is 1. The van der Waals surface area contributed by atoms with Crippen LogP contribution in [0.25, 0.3) is 0 Å². The average Bonchev–Trinajstić information content (AvgIpc) is 2.63. The molecule has 1 unspecified atom stereocenters. The summed E-state index contributed by atoms with van der Waals surface area (Å²) in [5, 5.41) is 5.83. The predicted octanol–water partition coefficient (Wildman–Crippen LogP) is 0.393. The number of hydrogen-bond acceptors (Lipinski definition) is 6. The average molecular weight is 441 g/mol. The Labute approximate surface area is 172 Å². The maximum absolute atomic E-state index is 12.8. The molecule has 1 amide bonds. The highest BCUT2D eigenvalue weighted by Crippen LogP contribution is 2.21. The Morgan fingerprint density at radius 2 is 1.93 bits per heavy atom. The molecule has 2 aliphatic heterocycles.